The molecule has 0 aliphatic heterocycles. The number of nitrogens with zero attached hydrogens (tertiary/aromatic N) is 1. The van der Waals surface area contributed by atoms with Gasteiger partial charge in [-0.3, -0.25) is 0 Å². The van der Waals surface area contributed by atoms with E-state index in [0.29, 0.717) is 0 Å². The lowest BCUT2D eigenvalue weighted by Crippen LogP contribution is -2.14. The van der Waals surface area contributed by atoms with E-state index in [4.69, 9.17) is 0 Å². The van der Waals surface area contributed by atoms with Crippen molar-refractivity contribution in [3.8, 4) is 0 Å². The standard InChI is InChI=1S/C12H14N2S/c1-8-2-5-10-11(6-8)15-12(14-10)7-13-9-3-4-9/h2,5-6,9,13H,3-4,7H2,1H3. The first kappa shape index (κ1) is 9.31. The molecule has 1 aliphatic rings. The molecule has 1 aromatic heterocycles. The molecule has 0 spiro atoms. The third-order valence-electron chi connectivity index (χ3n) is 2.71. The second kappa shape index (κ2) is 3.58. The van der Waals surface area contributed by atoms with Gasteiger partial charge < -0.3 is 5.32 Å². The molecular formula is C12H14N2S. The lowest BCUT2D eigenvalue weighted by molar-refractivity contribution is 0.685. The lowest BCUT2D eigenvalue weighted by Gasteiger charge is -1.96. The number of rotatable bonds is 3. The molecule has 0 radical (unpaired) electrons. The van der Waals surface area contributed by atoms with Gasteiger partial charge in [0, 0.05) is 12.6 Å². The van der Waals surface area contributed by atoms with Gasteiger partial charge in [0.2, 0.25) is 0 Å². The Balaban J connectivity index is 1.84. The van der Waals surface area contributed by atoms with Crippen LogP contribution in [0.25, 0.3) is 10.2 Å². The van der Waals surface area contributed by atoms with Crippen molar-refractivity contribution < 1.29 is 0 Å². The van der Waals surface area contributed by atoms with Crippen molar-refractivity contribution in [2.75, 3.05) is 0 Å². The zero-order valence-electron chi connectivity index (χ0n) is 8.79. The average molecular weight is 218 g/mol. The van der Waals surface area contributed by atoms with E-state index < -0.39 is 0 Å². The number of thiazole rings is 1. The molecule has 15 heavy (non-hydrogen) atoms. The van der Waals surface area contributed by atoms with E-state index in [-0.39, 0.29) is 0 Å². The Kier molecular flexibility index (Phi) is 2.22. The Morgan fingerprint density at radius 1 is 1.47 bits per heavy atom. The zero-order chi connectivity index (χ0) is 10.3. The van der Waals surface area contributed by atoms with Gasteiger partial charge in [0.15, 0.2) is 0 Å². The molecule has 1 fully saturated rings. The Labute approximate surface area is 93.3 Å². The molecule has 1 aliphatic carbocycles. The van der Waals surface area contributed by atoms with Crippen LogP contribution in [0, 0.1) is 6.92 Å². The topological polar surface area (TPSA) is 24.9 Å². The lowest BCUT2D eigenvalue weighted by atomic mass is 10.2. The van der Waals surface area contributed by atoms with Crippen LogP contribution in [0.3, 0.4) is 0 Å². The Hall–Kier alpha value is -0.930. The van der Waals surface area contributed by atoms with Crippen LogP contribution in [0.5, 0.6) is 0 Å². The average Bonchev–Trinajstić information content (AvgIpc) is 2.95. The van der Waals surface area contributed by atoms with Gasteiger partial charge in [-0.05, 0) is 37.5 Å². The fourth-order valence-electron chi connectivity index (χ4n) is 1.67. The third kappa shape index (κ3) is 2.03. The summed E-state index contributed by atoms with van der Waals surface area (Å²) in [5.74, 6) is 0. The number of hydrogen-bond acceptors (Lipinski definition) is 3. The van der Waals surface area contributed by atoms with Crippen molar-refractivity contribution in [3.63, 3.8) is 0 Å². The summed E-state index contributed by atoms with van der Waals surface area (Å²) in [5, 5.41) is 4.71. The number of benzene rings is 1. The normalized spacial score (nSPS) is 16.1. The maximum absolute atomic E-state index is 4.61. The van der Waals surface area contributed by atoms with Gasteiger partial charge in [0.25, 0.3) is 0 Å². The quantitative estimate of drug-likeness (QED) is 0.857. The molecule has 0 atom stereocenters. The van der Waals surface area contributed by atoms with E-state index in [1.165, 1.54) is 28.1 Å². The SMILES string of the molecule is Cc1ccc2nc(CNC3CC3)sc2c1. The summed E-state index contributed by atoms with van der Waals surface area (Å²) in [6.45, 7) is 3.06. The summed E-state index contributed by atoms with van der Waals surface area (Å²) in [6, 6.07) is 7.22. The number of fused-ring (bicyclic) bond motifs is 1. The van der Waals surface area contributed by atoms with Crippen molar-refractivity contribution in [2.45, 2.75) is 32.4 Å². The summed E-state index contributed by atoms with van der Waals surface area (Å²) in [4.78, 5) is 4.61. The van der Waals surface area contributed by atoms with E-state index in [2.05, 4.69) is 35.4 Å². The zero-order valence-corrected chi connectivity index (χ0v) is 9.60. The van der Waals surface area contributed by atoms with Crippen molar-refractivity contribution in [2.24, 2.45) is 0 Å². The minimum absolute atomic E-state index is 0.763. The first-order valence-corrected chi connectivity index (χ1v) is 6.22. The molecule has 1 aromatic carbocycles. The number of aryl methyl sites for hydroxylation is 1. The molecular weight excluding hydrogens is 204 g/mol. The molecule has 1 N–H and O–H groups in total. The summed E-state index contributed by atoms with van der Waals surface area (Å²) in [6.07, 6.45) is 2.67. The summed E-state index contributed by atoms with van der Waals surface area (Å²) < 4.78 is 1.31. The van der Waals surface area contributed by atoms with Gasteiger partial charge >= 0.3 is 0 Å². The van der Waals surface area contributed by atoms with Gasteiger partial charge in [0.05, 0.1) is 10.2 Å². The van der Waals surface area contributed by atoms with Crippen molar-refractivity contribution in [1.29, 1.82) is 0 Å². The highest BCUT2D eigenvalue weighted by Gasteiger charge is 2.20. The number of aromatic nitrogens is 1. The van der Waals surface area contributed by atoms with Crippen LogP contribution in [0.4, 0.5) is 0 Å². The summed E-state index contributed by atoms with van der Waals surface area (Å²) in [5.41, 5.74) is 2.45. The van der Waals surface area contributed by atoms with Gasteiger partial charge in [0.1, 0.15) is 5.01 Å². The molecule has 1 heterocycles. The Morgan fingerprint density at radius 2 is 2.33 bits per heavy atom. The number of nitrogens with one attached hydrogen (secondary N) is 1. The summed E-state index contributed by atoms with van der Waals surface area (Å²) >= 11 is 1.81. The highest BCUT2D eigenvalue weighted by molar-refractivity contribution is 7.18. The van der Waals surface area contributed by atoms with Crippen molar-refractivity contribution >= 4 is 21.6 Å². The maximum atomic E-state index is 4.61. The first-order valence-electron chi connectivity index (χ1n) is 5.41. The van der Waals surface area contributed by atoms with Gasteiger partial charge in [-0.1, -0.05) is 6.07 Å². The van der Waals surface area contributed by atoms with Crippen LogP contribution in [0.2, 0.25) is 0 Å². The van der Waals surface area contributed by atoms with E-state index >= 15 is 0 Å². The Morgan fingerprint density at radius 3 is 3.13 bits per heavy atom. The highest BCUT2D eigenvalue weighted by Crippen LogP contribution is 2.24. The molecule has 2 nitrogen and oxygen atoms in total. The van der Waals surface area contributed by atoms with Crippen LogP contribution in [0.1, 0.15) is 23.4 Å². The predicted octanol–water partition coefficient (Wildman–Crippen LogP) is 2.86. The first-order chi connectivity index (χ1) is 7.31. The fourth-order valence-corrected chi connectivity index (χ4v) is 2.69. The van der Waals surface area contributed by atoms with E-state index in [9.17, 15) is 0 Å². The highest BCUT2D eigenvalue weighted by atomic mass is 32.1. The van der Waals surface area contributed by atoms with E-state index in [1.807, 2.05) is 11.3 Å². The third-order valence-corrected chi connectivity index (χ3v) is 3.73. The van der Waals surface area contributed by atoms with Crippen LogP contribution in [-0.4, -0.2) is 11.0 Å². The van der Waals surface area contributed by atoms with Crippen LogP contribution < -0.4 is 5.32 Å². The van der Waals surface area contributed by atoms with Crippen LogP contribution in [0.15, 0.2) is 18.2 Å². The minimum atomic E-state index is 0.763. The second-order valence-electron chi connectivity index (χ2n) is 4.23. The van der Waals surface area contributed by atoms with Crippen LogP contribution >= 0.6 is 11.3 Å². The monoisotopic (exact) mass is 218 g/mol. The molecule has 0 saturated heterocycles. The largest absolute Gasteiger partial charge is 0.308 e. The fraction of sp³-hybridized carbons (Fsp3) is 0.417. The van der Waals surface area contributed by atoms with Crippen molar-refractivity contribution in [3.05, 3.63) is 28.8 Å². The minimum Gasteiger partial charge on any atom is -0.308 e. The van der Waals surface area contributed by atoms with E-state index in [1.54, 1.807) is 0 Å². The van der Waals surface area contributed by atoms with Gasteiger partial charge in [-0.25, -0.2) is 4.98 Å². The summed E-state index contributed by atoms with van der Waals surface area (Å²) in [7, 11) is 0. The Bertz CT molecular complexity index is 485. The molecule has 2 aromatic rings. The molecule has 3 heteroatoms. The molecule has 3 rings (SSSR count). The van der Waals surface area contributed by atoms with E-state index in [0.717, 1.165) is 18.1 Å². The molecule has 0 bridgehead atoms. The second-order valence-corrected chi connectivity index (χ2v) is 5.35. The molecule has 1 saturated carbocycles. The molecule has 0 unspecified atom stereocenters. The number of hydrogen-bond donors (Lipinski definition) is 1. The molecule has 78 valence electrons. The van der Waals surface area contributed by atoms with Gasteiger partial charge in [-0.2, -0.15) is 0 Å². The van der Waals surface area contributed by atoms with Crippen LogP contribution in [-0.2, 0) is 6.54 Å². The smallest absolute Gasteiger partial charge is 0.108 e. The predicted molar refractivity (Wildman–Crippen MR) is 64.2 cm³/mol. The van der Waals surface area contributed by atoms with Gasteiger partial charge in [-0.15, -0.1) is 11.3 Å². The maximum Gasteiger partial charge on any atom is 0.108 e. The van der Waals surface area contributed by atoms with Crippen molar-refractivity contribution in [1.82, 2.24) is 10.3 Å². The molecule has 0 amide bonds.